The predicted octanol–water partition coefficient (Wildman–Crippen LogP) is 3.01. The van der Waals surface area contributed by atoms with Crippen LogP contribution in [0.4, 0.5) is 0 Å². The fourth-order valence-corrected chi connectivity index (χ4v) is 5.09. The van der Waals surface area contributed by atoms with Crippen LogP contribution in [0.15, 0.2) is 0 Å². The molecule has 0 N–H and O–H groups in total. The molecule has 4 saturated carbocycles. The molecule has 0 aromatic carbocycles. The van der Waals surface area contributed by atoms with E-state index in [2.05, 4.69) is 22.0 Å². The van der Waals surface area contributed by atoms with Crippen molar-refractivity contribution in [2.45, 2.75) is 44.1 Å². The Hall–Kier alpha value is -0.600. The van der Waals surface area contributed by atoms with Gasteiger partial charge in [0, 0.05) is 0 Å². The van der Waals surface area contributed by atoms with Gasteiger partial charge in [-0.2, -0.15) is 5.26 Å². The van der Waals surface area contributed by atoms with Crippen LogP contribution in [-0.4, -0.2) is 23.7 Å². The largest absolute Gasteiger partial charge is 0.438 e. The van der Waals surface area contributed by atoms with E-state index in [1.54, 1.807) is 0 Å². The summed E-state index contributed by atoms with van der Waals surface area (Å²) in [5, 5.41) is 9.40. The summed E-state index contributed by atoms with van der Waals surface area (Å²) in [5.74, 6) is 2.29. The van der Waals surface area contributed by atoms with Gasteiger partial charge in [0.15, 0.2) is 6.79 Å². The molecule has 20 heavy (non-hydrogen) atoms. The summed E-state index contributed by atoms with van der Waals surface area (Å²) in [5.41, 5.74) is -0.366. The van der Waals surface area contributed by atoms with Crippen molar-refractivity contribution in [2.75, 3.05) is 12.1 Å². The highest BCUT2D eigenvalue weighted by Gasteiger charge is 2.58. The van der Waals surface area contributed by atoms with Gasteiger partial charge in [0.1, 0.15) is 5.33 Å². The minimum atomic E-state index is -0.366. The molecule has 4 aliphatic carbocycles. The summed E-state index contributed by atoms with van der Waals surface area (Å²) in [6, 6.07) is 2.31. The Morgan fingerprint density at radius 1 is 1.20 bits per heavy atom. The second-order valence-electron chi connectivity index (χ2n) is 6.51. The molecule has 5 heteroatoms. The van der Waals surface area contributed by atoms with Gasteiger partial charge in [-0.1, -0.05) is 15.9 Å². The summed E-state index contributed by atoms with van der Waals surface area (Å²) in [4.78, 5) is 11.2. The van der Waals surface area contributed by atoms with Crippen molar-refractivity contribution in [1.82, 2.24) is 0 Å². The standard InChI is InChI=1S/C15H20BrNO3/c16-8-14(18)19-9-20-15(1-2-17)12-4-10-3-11(6-12)7-13(15)5-10/h10-13H,1,3-9H2. The van der Waals surface area contributed by atoms with Crippen molar-refractivity contribution in [1.29, 1.82) is 5.26 Å². The van der Waals surface area contributed by atoms with Crippen molar-refractivity contribution in [3.63, 3.8) is 0 Å². The van der Waals surface area contributed by atoms with Crippen LogP contribution in [0, 0.1) is 35.0 Å². The topological polar surface area (TPSA) is 59.3 Å². The number of alkyl halides is 1. The first-order valence-corrected chi connectivity index (χ1v) is 8.52. The fraction of sp³-hybridized carbons (Fsp3) is 0.867. The van der Waals surface area contributed by atoms with Crippen molar-refractivity contribution in [2.24, 2.45) is 23.7 Å². The van der Waals surface area contributed by atoms with Crippen LogP contribution in [0.25, 0.3) is 0 Å². The first kappa shape index (κ1) is 14.3. The Balaban J connectivity index is 1.71. The normalized spacial score (nSPS) is 41.4. The second kappa shape index (κ2) is 5.65. The van der Waals surface area contributed by atoms with Gasteiger partial charge in [-0.05, 0) is 55.8 Å². The highest BCUT2D eigenvalue weighted by Crippen LogP contribution is 2.60. The van der Waals surface area contributed by atoms with Crippen molar-refractivity contribution in [3.05, 3.63) is 0 Å². The summed E-state index contributed by atoms with van der Waals surface area (Å²) in [6.07, 6.45) is 6.52. The summed E-state index contributed by atoms with van der Waals surface area (Å²) < 4.78 is 11.1. The molecule has 4 fully saturated rings. The summed E-state index contributed by atoms with van der Waals surface area (Å²) in [6.45, 7) is -0.0194. The third-order valence-electron chi connectivity index (χ3n) is 5.53. The van der Waals surface area contributed by atoms with Gasteiger partial charge in [0.05, 0.1) is 18.1 Å². The first-order chi connectivity index (χ1) is 9.68. The van der Waals surface area contributed by atoms with E-state index in [9.17, 15) is 10.1 Å². The van der Waals surface area contributed by atoms with Crippen molar-refractivity contribution < 1.29 is 14.3 Å². The molecule has 4 aliphatic rings. The molecule has 0 amide bonds. The lowest BCUT2D eigenvalue weighted by Gasteiger charge is -2.60. The third kappa shape index (κ3) is 2.37. The molecule has 0 radical (unpaired) electrons. The fourth-order valence-electron chi connectivity index (χ4n) is 4.92. The molecule has 4 bridgehead atoms. The SMILES string of the molecule is N#CCC1(OCOC(=O)CBr)C2CC3CC(C2)CC1C3. The first-order valence-electron chi connectivity index (χ1n) is 7.40. The molecule has 0 spiro atoms. The van der Waals surface area contributed by atoms with Gasteiger partial charge in [0.25, 0.3) is 0 Å². The Morgan fingerprint density at radius 3 is 2.30 bits per heavy atom. The van der Waals surface area contributed by atoms with Crippen LogP contribution in [0.2, 0.25) is 0 Å². The van der Waals surface area contributed by atoms with E-state index < -0.39 is 0 Å². The van der Waals surface area contributed by atoms with Gasteiger partial charge in [-0.25, -0.2) is 0 Å². The molecule has 4 rings (SSSR count). The van der Waals surface area contributed by atoms with E-state index in [4.69, 9.17) is 9.47 Å². The Labute approximate surface area is 127 Å². The predicted molar refractivity (Wildman–Crippen MR) is 75.8 cm³/mol. The van der Waals surface area contributed by atoms with Crippen LogP contribution in [0.5, 0.6) is 0 Å². The Morgan fingerprint density at radius 2 is 1.80 bits per heavy atom. The van der Waals surface area contributed by atoms with E-state index in [-0.39, 0.29) is 23.7 Å². The highest BCUT2D eigenvalue weighted by atomic mass is 79.9. The van der Waals surface area contributed by atoms with Gasteiger partial charge in [-0.15, -0.1) is 0 Å². The lowest BCUT2D eigenvalue weighted by atomic mass is 9.49. The number of halogens is 1. The minimum Gasteiger partial charge on any atom is -0.438 e. The molecule has 4 nitrogen and oxygen atoms in total. The number of ether oxygens (including phenoxy) is 2. The minimum absolute atomic E-state index is 0.0194. The summed E-state index contributed by atoms with van der Waals surface area (Å²) in [7, 11) is 0. The van der Waals surface area contributed by atoms with E-state index in [0.717, 1.165) is 11.8 Å². The molecule has 0 heterocycles. The van der Waals surface area contributed by atoms with Crippen LogP contribution in [0.1, 0.15) is 38.5 Å². The molecule has 0 aromatic rings. The molecule has 0 unspecified atom stereocenters. The van der Waals surface area contributed by atoms with Gasteiger partial charge < -0.3 is 9.47 Å². The molecule has 0 aromatic heterocycles. The van der Waals surface area contributed by atoms with Gasteiger partial charge >= 0.3 is 5.97 Å². The molecule has 0 atom stereocenters. The lowest BCUT2D eigenvalue weighted by molar-refractivity contribution is -0.236. The van der Waals surface area contributed by atoms with E-state index in [0.29, 0.717) is 18.3 Å². The van der Waals surface area contributed by atoms with E-state index >= 15 is 0 Å². The molecule has 0 saturated heterocycles. The summed E-state index contributed by atoms with van der Waals surface area (Å²) >= 11 is 3.06. The number of hydrogen-bond donors (Lipinski definition) is 0. The van der Waals surface area contributed by atoms with E-state index in [1.807, 2.05) is 0 Å². The quantitative estimate of drug-likeness (QED) is 0.438. The molecule has 110 valence electrons. The maximum Gasteiger partial charge on any atom is 0.318 e. The van der Waals surface area contributed by atoms with Crippen molar-refractivity contribution >= 4 is 21.9 Å². The monoisotopic (exact) mass is 341 g/mol. The zero-order chi connectivity index (χ0) is 14.2. The number of nitriles is 1. The maximum absolute atomic E-state index is 11.2. The molecule has 0 aliphatic heterocycles. The number of nitrogens with zero attached hydrogens (tertiary/aromatic N) is 1. The second-order valence-corrected chi connectivity index (χ2v) is 7.07. The van der Waals surface area contributed by atoms with Gasteiger partial charge in [0.2, 0.25) is 0 Å². The zero-order valence-corrected chi connectivity index (χ0v) is 13.1. The van der Waals surface area contributed by atoms with Crippen molar-refractivity contribution in [3.8, 4) is 6.07 Å². The average Bonchev–Trinajstić information content (AvgIpc) is 2.43. The van der Waals surface area contributed by atoms with Crippen LogP contribution < -0.4 is 0 Å². The zero-order valence-electron chi connectivity index (χ0n) is 11.5. The molecular weight excluding hydrogens is 322 g/mol. The van der Waals surface area contributed by atoms with Crippen LogP contribution in [0.3, 0.4) is 0 Å². The number of carbonyl (C=O) groups is 1. The molecular formula is C15H20BrNO3. The number of hydrogen-bond acceptors (Lipinski definition) is 4. The maximum atomic E-state index is 11.2. The van der Waals surface area contributed by atoms with Crippen LogP contribution in [-0.2, 0) is 14.3 Å². The average molecular weight is 342 g/mol. The third-order valence-corrected chi connectivity index (χ3v) is 5.99. The van der Waals surface area contributed by atoms with Gasteiger partial charge in [-0.3, -0.25) is 4.79 Å². The lowest BCUT2D eigenvalue weighted by Crippen LogP contribution is -2.59. The van der Waals surface area contributed by atoms with Crippen LogP contribution >= 0.6 is 15.9 Å². The number of rotatable bonds is 5. The number of esters is 1. The Bertz CT molecular complexity index is 403. The number of carbonyl (C=O) groups excluding carboxylic acids is 1. The highest BCUT2D eigenvalue weighted by molar-refractivity contribution is 9.09. The smallest absolute Gasteiger partial charge is 0.318 e. The Kier molecular flexibility index (Phi) is 4.05. The van der Waals surface area contributed by atoms with E-state index in [1.165, 1.54) is 32.1 Å².